The van der Waals surface area contributed by atoms with Crippen molar-refractivity contribution < 1.29 is 17.6 Å². The molecule has 1 aliphatic rings. The van der Waals surface area contributed by atoms with Crippen molar-refractivity contribution in [3.05, 3.63) is 76.4 Å². The van der Waals surface area contributed by atoms with Gasteiger partial charge in [0.1, 0.15) is 0 Å². The van der Waals surface area contributed by atoms with Gasteiger partial charge in [0.25, 0.3) is 0 Å². The minimum Gasteiger partial charge on any atom is -0.459 e. The summed E-state index contributed by atoms with van der Waals surface area (Å²) >= 11 is 1.56. The van der Waals surface area contributed by atoms with E-state index in [2.05, 4.69) is 9.82 Å². The molecule has 0 aliphatic carbocycles. The zero-order chi connectivity index (χ0) is 19.7. The predicted octanol–water partition coefficient (Wildman–Crippen LogP) is 3.70. The van der Waals surface area contributed by atoms with E-state index in [0.717, 1.165) is 16.7 Å². The average molecular weight is 415 g/mol. The maximum atomic E-state index is 12.9. The van der Waals surface area contributed by atoms with Crippen molar-refractivity contribution in [3.8, 4) is 0 Å². The van der Waals surface area contributed by atoms with Gasteiger partial charge in [-0.1, -0.05) is 18.2 Å². The number of nitrogens with zero attached hydrogens (tertiary/aromatic N) is 2. The minimum absolute atomic E-state index is 0.221. The fourth-order valence-corrected chi connectivity index (χ4v) is 4.43. The summed E-state index contributed by atoms with van der Waals surface area (Å²) in [5, 5.41) is 7.96. The summed E-state index contributed by atoms with van der Waals surface area (Å²) in [6, 6.07) is 13.9. The number of carbonyl (C=O) groups is 1. The second kappa shape index (κ2) is 7.25. The first kappa shape index (κ1) is 18.5. The van der Waals surface area contributed by atoms with Crippen molar-refractivity contribution in [2.75, 3.05) is 11.0 Å². The number of hydrazone groups is 1. The third kappa shape index (κ3) is 3.85. The van der Waals surface area contributed by atoms with Crippen LogP contribution in [0.2, 0.25) is 0 Å². The molecule has 2 aromatic heterocycles. The van der Waals surface area contributed by atoms with Gasteiger partial charge >= 0.3 is 5.91 Å². The van der Waals surface area contributed by atoms with E-state index in [9.17, 15) is 13.2 Å². The highest BCUT2D eigenvalue weighted by atomic mass is 32.2. The fourth-order valence-electron chi connectivity index (χ4n) is 3.06. The van der Waals surface area contributed by atoms with Crippen molar-refractivity contribution in [1.29, 1.82) is 0 Å². The van der Waals surface area contributed by atoms with Crippen molar-refractivity contribution in [2.45, 2.75) is 12.5 Å². The number of hydrogen-bond acceptors (Lipinski definition) is 6. The van der Waals surface area contributed by atoms with E-state index in [1.54, 1.807) is 41.7 Å². The van der Waals surface area contributed by atoms with Gasteiger partial charge in [-0.25, -0.2) is 13.4 Å². The maximum absolute atomic E-state index is 12.9. The minimum atomic E-state index is -3.38. The Labute approximate surface area is 166 Å². The predicted molar refractivity (Wildman–Crippen MR) is 108 cm³/mol. The van der Waals surface area contributed by atoms with Gasteiger partial charge in [0.2, 0.25) is 10.0 Å². The lowest BCUT2D eigenvalue weighted by molar-refractivity contribution is 0.0681. The molecule has 7 nitrogen and oxygen atoms in total. The number of furan rings is 1. The number of amides is 1. The van der Waals surface area contributed by atoms with E-state index in [4.69, 9.17) is 4.42 Å². The van der Waals surface area contributed by atoms with Crippen LogP contribution in [0.15, 0.2) is 69.7 Å². The van der Waals surface area contributed by atoms with Crippen LogP contribution in [-0.4, -0.2) is 31.3 Å². The van der Waals surface area contributed by atoms with Crippen LogP contribution in [0.1, 0.15) is 33.5 Å². The van der Waals surface area contributed by atoms with Gasteiger partial charge in [-0.2, -0.15) is 5.10 Å². The number of anilines is 1. The van der Waals surface area contributed by atoms with Crippen molar-refractivity contribution >= 4 is 38.7 Å². The lowest BCUT2D eigenvalue weighted by Gasteiger charge is -2.19. The Morgan fingerprint density at radius 2 is 2.11 bits per heavy atom. The molecule has 28 heavy (non-hydrogen) atoms. The number of thiophene rings is 1. The van der Waals surface area contributed by atoms with Gasteiger partial charge in [-0.3, -0.25) is 9.52 Å². The Balaban J connectivity index is 1.69. The summed E-state index contributed by atoms with van der Waals surface area (Å²) in [4.78, 5) is 13.9. The summed E-state index contributed by atoms with van der Waals surface area (Å²) in [5.41, 5.74) is 1.91. The number of hydrogen-bond donors (Lipinski definition) is 1. The van der Waals surface area contributed by atoms with E-state index in [1.165, 1.54) is 11.3 Å². The van der Waals surface area contributed by atoms with Crippen molar-refractivity contribution in [1.82, 2.24) is 5.01 Å². The van der Waals surface area contributed by atoms with E-state index in [1.807, 2.05) is 23.6 Å². The van der Waals surface area contributed by atoms with Crippen LogP contribution in [0.3, 0.4) is 0 Å². The summed E-state index contributed by atoms with van der Waals surface area (Å²) in [6.07, 6.45) is 3.08. The maximum Gasteiger partial charge on any atom is 0.310 e. The van der Waals surface area contributed by atoms with E-state index >= 15 is 0 Å². The summed E-state index contributed by atoms with van der Waals surface area (Å²) in [7, 11) is -3.38. The third-order valence-corrected chi connectivity index (χ3v) is 5.80. The Morgan fingerprint density at radius 3 is 2.79 bits per heavy atom. The van der Waals surface area contributed by atoms with Crippen LogP contribution in [0.4, 0.5) is 5.69 Å². The van der Waals surface area contributed by atoms with Crippen molar-refractivity contribution in [3.63, 3.8) is 0 Å². The fraction of sp³-hybridized carbons (Fsp3) is 0.158. The quantitative estimate of drug-likeness (QED) is 0.688. The van der Waals surface area contributed by atoms with Crippen LogP contribution in [-0.2, 0) is 10.0 Å². The molecular formula is C19H17N3O4S2. The Hall–Kier alpha value is -2.91. The van der Waals surface area contributed by atoms with Crippen molar-refractivity contribution in [2.24, 2.45) is 5.10 Å². The Morgan fingerprint density at radius 1 is 1.25 bits per heavy atom. The molecule has 1 atom stereocenters. The highest BCUT2D eigenvalue weighted by molar-refractivity contribution is 7.92. The van der Waals surface area contributed by atoms with Gasteiger partial charge in [0.05, 0.1) is 24.3 Å². The zero-order valence-corrected chi connectivity index (χ0v) is 16.5. The van der Waals surface area contributed by atoms with Crippen LogP contribution >= 0.6 is 11.3 Å². The lowest BCUT2D eigenvalue weighted by atomic mass is 10.0. The molecule has 1 aromatic carbocycles. The number of benzene rings is 1. The molecule has 9 heteroatoms. The van der Waals surface area contributed by atoms with Gasteiger partial charge in [-0.15, -0.1) is 11.3 Å². The summed E-state index contributed by atoms with van der Waals surface area (Å²) in [6.45, 7) is 0. The van der Waals surface area contributed by atoms with Crippen LogP contribution in [0, 0.1) is 0 Å². The largest absolute Gasteiger partial charge is 0.459 e. The molecular weight excluding hydrogens is 398 g/mol. The number of nitrogens with one attached hydrogen (secondary N) is 1. The Bertz CT molecular complexity index is 1120. The molecule has 1 aliphatic heterocycles. The van der Waals surface area contributed by atoms with Gasteiger partial charge in [-0.05, 0) is 41.3 Å². The average Bonchev–Trinajstić information content (AvgIpc) is 3.40. The molecule has 0 saturated heterocycles. The molecule has 1 amide bonds. The van der Waals surface area contributed by atoms with Crippen LogP contribution in [0.25, 0.3) is 0 Å². The van der Waals surface area contributed by atoms with E-state index in [-0.39, 0.29) is 17.7 Å². The molecule has 3 heterocycles. The molecule has 3 aromatic rings. The Kier molecular flexibility index (Phi) is 4.78. The number of carbonyl (C=O) groups excluding carboxylic acids is 1. The van der Waals surface area contributed by atoms with Gasteiger partial charge < -0.3 is 4.42 Å². The normalized spacial score (nSPS) is 16.8. The second-order valence-corrected chi connectivity index (χ2v) is 9.09. The molecule has 144 valence electrons. The molecule has 0 bridgehead atoms. The smallest absolute Gasteiger partial charge is 0.310 e. The lowest BCUT2D eigenvalue weighted by Crippen LogP contribution is -2.26. The highest BCUT2D eigenvalue weighted by Crippen LogP contribution is 2.36. The number of sulfonamides is 1. The SMILES string of the molecule is CS(=O)(=O)Nc1cccc(C2=NN(C(=O)c3ccco3)[C@H](c3cccs3)C2)c1. The molecule has 0 spiro atoms. The van der Waals surface area contributed by atoms with Crippen LogP contribution < -0.4 is 4.72 Å². The molecule has 0 fully saturated rings. The first-order valence-electron chi connectivity index (χ1n) is 8.47. The summed E-state index contributed by atoms with van der Waals surface area (Å²) in [5.74, 6) is -0.0946. The monoisotopic (exact) mass is 415 g/mol. The third-order valence-electron chi connectivity index (χ3n) is 4.22. The molecule has 1 N–H and O–H groups in total. The highest BCUT2D eigenvalue weighted by Gasteiger charge is 2.35. The first-order chi connectivity index (χ1) is 13.4. The summed E-state index contributed by atoms with van der Waals surface area (Å²) < 4.78 is 30.7. The number of rotatable bonds is 5. The van der Waals surface area contributed by atoms with E-state index < -0.39 is 10.0 Å². The zero-order valence-electron chi connectivity index (χ0n) is 14.9. The molecule has 0 unspecified atom stereocenters. The second-order valence-electron chi connectivity index (χ2n) is 6.36. The van der Waals surface area contributed by atoms with Crippen LogP contribution in [0.5, 0.6) is 0 Å². The van der Waals surface area contributed by atoms with Gasteiger partial charge in [0, 0.05) is 17.0 Å². The topological polar surface area (TPSA) is 92.0 Å². The van der Waals surface area contributed by atoms with E-state index in [0.29, 0.717) is 17.8 Å². The first-order valence-corrected chi connectivity index (χ1v) is 11.2. The molecule has 4 rings (SSSR count). The molecule has 0 radical (unpaired) electrons. The van der Waals surface area contributed by atoms with Gasteiger partial charge in [0.15, 0.2) is 5.76 Å². The molecule has 0 saturated carbocycles. The standard InChI is InChI=1S/C19H17N3O4S2/c1-28(24,25)21-14-6-2-5-13(11-14)15-12-16(18-8-4-10-27-18)22(20-15)19(23)17-7-3-9-26-17/h2-11,16,21H,12H2,1H3/t16-/m0/s1.